The van der Waals surface area contributed by atoms with Gasteiger partial charge in [0.15, 0.2) is 11.5 Å². The number of hydrogen-bond donors (Lipinski definition) is 1. The molecular weight excluding hydrogens is 371 g/mol. The van der Waals surface area contributed by atoms with Gasteiger partial charge in [0.1, 0.15) is 6.61 Å². The van der Waals surface area contributed by atoms with Crippen molar-refractivity contribution in [1.82, 2.24) is 9.88 Å². The number of benzene rings is 2. The van der Waals surface area contributed by atoms with Crippen LogP contribution in [0.3, 0.4) is 0 Å². The molecule has 1 N–H and O–H groups in total. The van der Waals surface area contributed by atoms with E-state index in [-0.39, 0.29) is 12.4 Å². The molecule has 2 aromatic carbocycles. The summed E-state index contributed by atoms with van der Waals surface area (Å²) < 4.78 is 11.2. The van der Waals surface area contributed by atoms with E-state index < -0.39 is 0 Å². The largest absolute Gasteiger partial charge is 0.493 e. The van der Waals surface area contributed by atoms with E-state index in [1.807, 2.05) is 36.4 Å². The third-order valence-corrected chi connectivity index (χ3v) is 5.09. The van der Waals surface area contributed by atoms with E-state index in [1.54, 1.807) is 7.11 Å². The van der Waals surface area contributed by atoms with Gasteiger partial charge in [-0.1, -0.05) is 35.9 Å². The van der Waals surface area contributed by atoms with Crippen LogP contribution in [0.1, 0.15) is 11.3 Å². The second kappa shape index (κ2) is 8.21. The van der Waals surface area contributed by atoms with E-state index in [0.29, 0.717) is 6.61 Å². The van der Waals surface area contributed by atoms with Gasteiger partial charge in [-0.3, -0.25) is 4.90 Å². The van der Waals surface area contributed by atoms with Crippen LogP contribution in [0.5, 0.6) is 11.5 Å². The first-order valence-corrected chi connectivity index (χ1v) is 8.90. The maximum Gasteiger partial charge on any atom is 0.161 e. The Kier molecular flexibility index (Phi) is 5.97. The van der Waals surface area contributed by atoms with Crippen LogP contribution in [0.15, 0.2) is 42.5 Å². The summed E-state index contributed by atoms with van der Waals surface area (Å²) in [4.78, 5) is 5.92. The van der Waals surface area contributed by atoms with Crippen molar-refractivity contribution in [2.75, 3.05) is 26.8 Å². The van der Waals surface area contributed by atoms with Crippen LogP contribution >= 0.6 is 24.0 Å². The Hall–Kier alpha value is -1.88. The molecule has 4 nitrogen and oxygen atoms in total. The van der Waals surface area contributed by atoms with E-state index in [4.69, 9.17) is 21.1 Å². The SMILES string of the molecule is COc1ccccc1OCCN1CCc2[nH]c3c(Cl)cccc3c2C1.Cl. The molecule has 26 heavy (non-hydrogen) atoms. The molecule has 1 aromatic heterocycles. The van der Waals surface area contributed by atoms with E-state index in [0.717, 1.165) is 48.1 Å². The predicted molar refractivity (Wildman–Crippen MR) is 108 cm³/mol. The van der Waals surface area contributed by atoms with Gasteiger partial charge in [0.05, 0.1) is 17.6 Å². The summed E-state index contributed by atoms with van der Waals surface area (Å²) in [6.45, 7) is 3.46. The molecule has 1 aliphatic heterocycles. The van der Waals surface area contributed by atoms with Crippen LogP contribution in [0.2, 0.25) is 5.02 Å². The zero-order valence-electron chi connectivity index (χ0n) is 14.6. The van der Waals surface area contributed by atoms with Gasteiger partial charge in [-0.05, 0) is 23.8 Å². The Balaban J connectivity index is 0.00000196. The fraction of sp³-hybridized carbons (Fsp3) is 0.300. The molecule has 6 heteroatoms. The number of rotatable bonds is 5. The molecule has 0 amide bonds. The van der Waals surface area contributed by atoms with Gasteiger partial charge < -0.3 is 14.5 Å². The van der Waals surface area contributed by atoms with Gasteiger partial charge in [-0.2, -0.15) is 0 Å². The van der Waals surface area contributed by atoms with Crippen LogP contribution in [0.4, 0.5) is 0 Å². The first-order chi connectivity index (χ1) is 12.3. The molecule has 2 heterocycles. The molecule has 0 unspecified atom stereocenters. The number of nitrogens with zero attached hydrogens (tertiary/aromatic N) is 1. The average Bonchev–Trinajstić information content (AvgIpc) is 3.02. The summed E-state index contributed by atoms with van der Waals surface area (Å²) in [5.74, 6) is 1.57. The van der Waals surface area contributed by atoms with E-state index in [9.17, 15) is 0 Å². The number of aromatic amines is 1. The number of aromatic nitrogens is 1. The fourth-order valence-corrected chi connectivity index (χ4v) is 3.69. The highest BCUT2D eigenvalue weighted by molar-refractivity contribution is 6.35. The Morgan fingerprint density at radius 2 is 1.92 bits per heavy atom. The number of methoxy groups -OCH3 is 1. The lowest BCUT2D eigenvalue weighted by Gasteiger charge is -2.27. The molecule has 4 rings (SSSR count). The third kappa shape index (κ3) is 3.63. The van der Waals surface area contributed by atoms with E-state index in [2.05, 4.69) is 16.0 Å². The summed E-state index contributed by atoms with van der Waals surface area (Å²) in [5.41, 5.74) is 3.73. The minimum Gasteiger partial charge on any atom is -0.493 e. The van der Waals surface area contributed by atoms with Crippen molar-refractivity contribution in [3.63, 3.8) is 0 Å². The Labute approximate surface area is 164 Å². The monoisotopic (exact) mass is 392 g/mol. The van der Waals surface area contributed by atoms with Crippen molar-refractivity contribution in [3.8, 4) is 11.5 Å². The summed E-state index contributed by atoms with van der Waals surface area (Å²) in [5, 5.41) is 2.02. The molecule has 0 saturated carbocycles. The van der Waals surface area contributed by atoms with Crippen LogP contribution in [-0.4, -0.2) is 36.7 Å². The lowest BCUT2D eigenvalue weighted by atomic mass is 10.0. The fourth-order valence-electron chi connectivity index (χ4n) is 3.47. The number of ether oxygens (including phenoxy) is 2. The molecule has 3 aromatic rings. The van der Waals surface area contributed by atoms with Gasteiger partial charge in [-0.15, -0.1) is 12.4 Å². The smallest absolute Gasteiger partial charge is 0.161 e. The summed E-state index contributed by atoms with van der Waals surface area (Å²) in [6.07, 6.45) is 1.01. The maximum atomic E-state index is 6.32. The van der Waals surface area contributed by atoms with Gasteiger partial charge >= 0.3 is 0 Å². The van der Waals surface area contributed by atoms with Crippen molar-refractivity contribution >= 4 is 34.9 Å². The molecular formula is C20H22Cl2N2O2. The summed E-state index contributed by atoms with van der Waals surface area (Å²) in [6, 6.07) is 13.9. The topological polar surface area (TPSA) is 37.5 Å². The predicted octanol–water partition coefficient (Wildman–Crippen LogP) is 4.69. The minimum atomic E-state index is 0. The van der Waals surface area contributed by atoms with Crippen LogP contribution in [-0.2, 0) is 13.0 Å². The first-order valence-electron chi connectivity index (χ1n) is 8.52. The van der Waals surface area contributed by atoms with Gasteiger partial charge in [0, 0.05) is 37.1 Å². The van der Waals surface area contributed by atoms with Gasteiger partial charge in [-0.25, -0.2) is 0 Å². The average molecular weight is 393 g/mol. The van der Waals surface area contributed by atoms with Crippen molar-refractivity contribution < 1.29 is 9.47 Å². The molecule has 0 saturated heterocycles. The maximum absolute atomic E-state index is 6.32. The number of para-hydroxylation sites is 3. The lowest BCUT2D eigenvalue weighted by molar-refractivity contribution is 0.193. The molecule has 0 bridgehead atoms. The molecule has 0 spiro atoms. The second-order valence-electron chi connectivity index (χ2n) is 6.27. The molecule has 1 aliphatic rings. The standard InChI is InChI=1S/C20H21ClN2O2.ClH/c1-24-18-7-2-3-8-19(18)25-12-11-23-10-9-17-15(13-23)14-5-4-6-16(21)20(14)22-17;/h2-8,22H,9-13H2,1H3;1H. The second-order valence-corrected chi connectivity index (χ2v) is 6.68. The highest BCUT2D eigenvalue weighted by Gasteiger charge is 2.21. The van der Waals surface area contributed by atoms with E-state index in [1.165, 1.54) is 16.6 Å². The number of H-pyrrole nitrogens is 1. The Morgan fingerprint density at radius 1 is 1.12 bits per heavy atom. The lowest BCUT2D eigenvalue weighted by Crippen LogP contribution is -2.33. The van der Waals surface area contributed by atoms with Gasteiger partial charge in [0.2, 0.25) is 0 Å². The van der Waals surface area contributed by atoms with Crippen LogP contribution in [0.25, 0.3) is 10.9 Å². The zero-order chi connectivity index (χ0) is 17.2. The number of halogens is 2. The van der Waals surface area contributed by atoms with Crippen molar-refractivity contribution in [2.45, 2.75) is 13.0 Å². The Morgan fingerprint density at radius 3 is 2.73 bits per heavy atom. The Bertz CT molecular complexity index is 895. The highest BCUT2D eigenvalue weighted by Crippen LogP contribution is 2.31. The quantitative estimate of drug-likeness (QED) is 0.684. The van der Waals surface area contributed by atoms with Gasteiger partial charge in [0.25, 0.3) is 0 Å². The summed E-state index contributed by atoms with van der Waals surface area (Å²) in [7, 11) is 1.66. The summed E-state index contributed by atoms with van der Waals surface area (Å²) >= 11 is 6.32. The molecule has 0 fully saturated rings. The molecule has 0 radical (unpaired) electrons. The number of nitrogens with one attached hydrogen (secondary N) is 1. The first kappa shape index (κ1) is 18.9. The zero-order valence-corrected chi connectivity index (χ0v) is 16.2. The van der Waals surface area contributed by atoms with Crippen LogP contribution < -0.4 is 9.47 Å². The molecule has 0 atom stereocenters. The normalized spacial score (nSPS) is 13.9. The van der Waals surface area contributed by atoms with E-state index >= 15 is 0 Å². The molecule has 0 aliphatic carbocycles. The third-order valence-electron chi connectivity index (χ3n) is 4.77. The van der Waals surface area contributed by atoms with Crippen molar-refractivity contribution in [3.05, 3.63) is 58.7 Å². The van der Waals surface area contributed by atoms with Crippen LogP contribution in [0, 0.1) is 0 Å². The highest BCUT2D eigenvalue weighted by atomic mass is 35.5. The van der Waals surface area contributed by atoms with Crippen molar-refractivity contribution in [2.24, 2.45) is 0 Å². The molecule has 138 valence electrons. The number of fused-ring (bicyclic) bond motifs is 3. The van der Waals surface area contributed by atoms with Crippen molar-refractivity contribution in [1.29, 1.82) is 0 Å². The number of hydrogen-bond acceptors (Lipinski definition) is 3. The minimum absolute atomic E-state index is 0.